The molecule has 0 bridgehead atoms. The van der Waals surface area contributed by atoms with Crippen molar-refractivity contribution in [3.05, 3.63) is 73.0 Å². The number of rotatable bonds is 4. The lowest BCUT2D eigenvalue weighted by molar-refractivity contribution is -0.386. The summed E-state index contributed by atoms with van der Waals surface area (Å²) in [5.41, 5.74) is -1.74. The molecule has 116 valence electrons. The van der Waals surface area contributed by atoms with E-state index in [4.69, 9.17) is 5.11 Å². The van der Waals surface area contributed by atoms with Crippen molar-refractivity contribution >= 4 is 21.6 Å². The van der Waals surface area contributed by atoms with Gasteiger partial charge in [-0.15, -0.1) is 0 Å². The minimum absolute atomic E-state index is 0.0281. The first-order valence-electron chi connectivity index (χ1n) is 6.04. The van der Waals surface area contributed by atoms with Gasteiger partial charge in [0.05, 0.1) is 22.7 Å². The van der Waals surface area contributed by atoms with Crippen LogP contribution in [0, 0.1) is 27.6 Å². The van der Waals surface area contributed by atoms with E-state index in [0.29, 0.717) is 10.5 Å². The predicted molar refractivity (Wildman–Crippen MR) is 75.8 cm³/mol. The molecule has 0 heterocycles. The number of halogens is 4. The molecule has 0 spiro atoms. The van der Waals surface area contributed by atoms with E-state index in [1.54, 1.807) is 0 Å². The quantitative estimate of drug-likeness (QED) is 0.651. The lowest BCUT2D eigenvalue weighted by Crippen LogP contribution is -2.07. The Hall–Kier alpha value is -1.93. The summed E-state index contributed by atoms with van der Waals surface area (Å²) in [7, 11) is 0. The van der Waals surface area contributed by atoms with Gasteiger partial charge in [0.15, 0.2) is 11.6 Å². The Labute approximate surface area is 131 Å². The maximum atomic E-state index is 13.9. The highest BCUT2D eigenvalue weighted by molar-refractivity contribution is 9.10. The van der Waals surface area contributed by atoms with Gasteiger partial charge in [0.2, 0.25) is 0 Å². The smallest absolute Gasteiger partial charge is 0.281 e. The van der Waals surface area contributed by atoms with E-state index < -0.39 is 46.7 Å². The Morgan fingerprint density at radius 2 is 1.82 bits per heavy atom. The van der Waals surface area contributed by atoms with Crippen molar-refractivity contribution in [1.29, 1.82) is 0 Å². The number of benzene rings is 2. The molecule has 0 aromatic heterocycles. The first-order chi connectivity index (χ1) is 10.3. The number of hydrogen-bond acceptors (Lipinski definition) is 3. The van der Waals surface area contributed by atoms with E-state index in [2.05, 4.69) is 15.9 Å². The second-order valence-electron chi connectivity index (χ2n) is 4.49. The molecule has 4 nitrogen and oxygen atoms in total. The van der Waals surface area contributed by atoms with Crippen LogP contribution in [0.25, 0.3) is 0 Å². The zero-order valence-electron chi connectivity index (χ0n) is 10.9. The second-order valence-corrected chi connectivity index (χ2v) is 5.40. The molecule has 1 N–H and O–H groups in total. The summed E-state index contributed by atoms with van der Waals surface area (Å²) < 4.78 is 41.7. The van der Waals surface area contributed by atoms with Gasteiger partial charge in [0.1, 0.15) is 5.82 Å². The molecule has 8 heteroatoms. The van der Waals surface area contributed by atoms with Crippen molar-refractivity contribution in [2.75, 3.05) is 0 Å². The summed E-state index contributed by atoms with van der Waals surface area (Å²) in [6, 6.07) is 4.47. The highest BCUT2D eigenvalue weighted by Gasteiger charge is 2.27. The molecule has 0 unspecified atom stereocenters. The van der Waals surface area contributed by atoms with Crippen LogP contribution in [-0.2, 0) is 13.0 Å². The van der Waals surface area contributed by atoms with Gasteiger partial charge in [-0.1, -0.05) is 22.0 Å². The molecule has 0 radical (unpaired) electrons. The van der Waals surface area contributed by atoms with Crippen molar-refractivity contribution in [2.45, 2.75) is 13.0 Å². The van der Waals surface area contributed by atoms with Crippen LogP contribution in [0.1, 0.15) is 16.7 Å². The Morgan fingerprint density at radius 3 is 2.36 bits per heavy atom. The molecule has 0 fully saturated rings. The normalized spacial score (nSPS) is 10.8. The molecule has 2 aromatic carbocycles. The van der Waals surface area contributed by atoms with E-state index in [0.717, 1.165) is 6.07 Å². The molecule has 0 saturated heterocycles. The van der Waals surface area contributed by atoms with Crippen LogP contribution in [0.3, 0.4) is 0 Å². The first-order valence-corrected chi connectivity index (χ1v) is 6.83. The third-order valence-corrected chi connectivity index (χ3v) is 3.59. The summed E-state index contributed by atoms with van der Waals surface area (Å²) in [5.74, 6) is -3.47. The van der Waals surface area contributed by atoms with E-state index in [9.17, 15) is 23.3 Å². The van der Waals surface area contributed by atoms with E-state index >= 15 is 0 Å². The minimum Gasteiger partial charge on any atom is -0.391 e. The first kappa shape index (κ1) is 16.4. The van der Waals surface area contributed by atoms with Crippen molar-refractivity contribution in [3.63, 3.8) is 0 Å². The highest BCUT2D eigenvalue weighted by atomic mass is 79.9. The van der Waals surface area contributed by atoms with Gasteiger partial charge >= 0.3 is 0 Å². The van der Waals surface area contributed by atoms with Crippen LogP contribution in [0.15, 0.2) is 28.7 Å². The van der Waals surface area contributed by atoms with Crippen LogP contribution >= 0.6 is 15.9 Å². The topological polar surface area (TPSA) is 63.4 Å². The summed E-state index contributed by atoms with van der Waals surface area (Å²) in [4.78, 5) is 10.2. The van der Waals surface area contributed by atoms with Crippen LogP contribution in [0.5, 0.6) is 0 Å². The number of nitro benzene ring substituents is 1. The Morgan fingerprint density at radius 1 is 1.14 bits per heavy atom. The largest absolute Gasteiger partial charge is 0.391 e. The molecule has 0 aliphatic rings. The van der Waals surface area contributed by atoms with Crippen molar-refractivity contribution in [2.24, 2.45) is 0 Å². The van der Waals surface area contributed by atoms with Gasteiger partial charge in [-0.3, -0.25) is 10.1 Å². The van der Waals surface area contributed by atoms with Gasteiger partial charge in [-0.25, -0.2) is 13.2 Å². The SMILES string of the molecule is O=[N+]([O-])c1c(CO)cc(F)c(F)c1Cc1ccc(Br)cc1F. The molecular weight excluding hydrogens is 367 g/mol. The van der Waals surface area contributed by atoms with Gasteiger partial charge in [-0.2, -0.15) is 0 Å². The second kappa shape index (κ2) is 6.45. The standard InChI is InChI=1S/C14H9BrF3NO3/c15-9-2-1-7(11(16)5-9)3-10-13(18)12(17)4-8(6-20)14(10)19(21)22/h1-2,4-5,20H,3,6H2. The van der Waals surface area contributed by atoms with E-state index in [1.165, 1.54) is 12.1 Å². The van der Waals surface area contributed by atoms with E-state index in [1.807, 2.05) is 0 Å². The summed E-state index contributed by atoms with van der Waals surface area (Å²) in [6.45, 7) is -0.830. The van der Waals surface area contributed by atoms with Crippen LogP contribution < -0.4 is 0 Å². The summed E-state index contributed by atoms with van der Waals surface area (Å²) in [5, 5.41) is 20.2. The molecule has 0 amide bonds. The Bertz CT molecular complexity index is 753. The molecule has 2 aromatic rings. The Kier molecular flexibility index (Phi) is 4.82. The number of aliphatic hydroxyl groups excluding tert-OH is 1. The molecule has 0 atom stereocenters. The fraction of sp³-hybridized carbons (Fsp3) is 0.143. The van der Waals surface area contributed by atoms with Crippen molar-refractivity contribution in [1.82, 2.24) is 0 Å². The molecule has 22 heavy (non-hydrogen) atoms. The van der Waals surface area contributed by atoms with Crippen molar-refractivity contribution in [3.8, 4) is 0 Å². The van der Waals surface area contributed by atoms with E-state index in [-0.39, 0.29) is 11.1 Å². The number of aliphatic hydroxyl groups is 1. The zero-order valence-corrected chi connectivity index (χ0v) is 12.5. The highest BCUT2D eigenvalue weighted by Crippen LogP contribution is 2.31. The maximum absolute atomic E-state index is 13.9. The molecule has 0 aliphatic carbocycles. The molecular formula is C14H9BrF3NO3. The lowest BCUT2D eigenvalue weighted by Gasteiger charge is -2.10. The predicted octanol–water partition coefficient (Wildman–Crippen LogP) is 3.86. The third kappa shape index (κ3) is 3.12. The monoisotopic (exact) mass is 375 g/mol. The Balaban J connectivity index is 2.62. The summed E-state index contributed by atoms with van der Waals surface area (Å²) >= 11 is 3.05. The maximum Gasteiger partial charge on any atom is 0.281 e. The number of nitrogens with zero attached hydrogens (tertiary/aromatic N) is 1. The fourth-order valence-corrected chi connectivity index (χ4v) is 2.42. The molecule has 2 rings (SSSR count). The molecule has 0 saturated carbocycles. The van der Waals surface area contributed by atoms with Gasteiger partial charge in [-0.05, 0) is 23.8 Å². The van der Waals surface area contributed by atoms with Crippen LogP contribution in [0.4, 0.5) is 18.9 Å². The third-order valence-electron chi connectivity index (χ3n) is 3.10. The van der Waals surface area contributed by atoms with Crippen LogP contribution in [0.2, 0.25) is 0 Å². The zero-order chi connectivity index (χ0) is 16.4. The lowest BCUT2D eigenvalue weighted by atomic mass is 9.99. The van der Waals surface area contributed by atoms with Crippen LogP contribution in [-0.4, -0.2) is 10.0 Å². The van der Waals surface area contributed by atoms with Crippen molar-refractivity contribution < 1.29 is 23.2 Å². The summed E-state index contributed by atoms with van der Waals surface area (Å²) in [6.07, 6.45) is -0.508. The average Bonchev–Trinajstić information content (AvgIpc) is 2.45. The molecule has 0 aliphatic heterocycles. The average molecular weight is 376 g/mol. The van der Waals surface area contributed by atoms with Gasteiger partial charge < -0.3 is 5.11 Å². The minimum atomic E-state index is -1.42. The fourth-order valence-electron chi connectivity index (χ4n) is 2.09. The number of hydrogen-bond donors (Lipinski definition) is 1. The number of nitro groups is 1. The van der Waals surface area contributed by atoms with Gasteiger partial charge in [0.25, 0.3) is 5.69 Å². The van der Waals surface area contributed by atoms with Gasteiger partial charge in [0, 0.05) is 10.9 Å².